The Balaban J connectivity index is 1.70. The van der Waals surface area contributed by atoms with E-state index in [1.54, 1.807) is 29.6 Å². The van der Waals surface area contributed by atoms with Gasteiger partial charge in [0.15, 0.2) is 5.13 Å². The van der Waals surface area contributed by atoms with Gasteiger partial charge in [-0.05, 0) is 31.2 Å². The predicted octanol–water partition coefficient (Wildman–Crippen LogP) is 3.33. The molecule has 26 heavy (non-hydrogen) atoms. The lowest BCUT2D eigenvalue weighted by atomic mass is 10.1. The van der Waals surface area contributed by atoms with Crippen LogP contribution in [0.2, 0.25) is 0 Å². The fourth-order valence-corrected chi connectivity index (χ4v) is 3.69. The van der Waals surface area contributed by atoms with Crippen LogP contribution in [0.3, 0.4) is 0 Å². The molecule has 134 valence electrons. The highest BCUT2D eigenvalue weighted by Gasteiger charge is 2.14. The monoisotopic (exact) mass is 390 g/mol. The Morgan fingerprint density at radius 3 is 2.35 bits per heavy atom. The first kappa shape index (κ1) is 18.0. The largest absolute Gasteiger partial charge is 0.283 e. The maximum atomic E-state index is 12.2. The third-order valence-corrected chi connectivity index (χ3v) is 5.52. The van der Waals surface area contributed by atoms with Crippen molar-refractivity contribution in [3.05, 3.63) is 69.6 Å². The van der Waals surface area contributed by atoms with E-state index in [0.29, 0.717) is 16.4 Å². The Morgan fingerprint density at radius 1 is 1.08 bits per heavy atom. The molecule has 1 aromatic heterocycles. The summed E-state index contributed by atoms with van der Waals surface area (Å²) in [5.41, 5.74) is 4.82. The number of hydrogen-bond donors (Lipinski definition) is 2. The summed E-state index contributed by atoms with van der Waals surface area (Å²) in [6.45, 7) is 1.87. The molecule has 0 bridgehead atoms. The van der Waals surface area contributed by atoms with Crippen molar-refractivity contribution in [2.45, 2.75) is 11.8 Å². The molecule has 0 radical (unpaired) electrons. The summed E-state index contributed by atoms with van der Waals surface area (Å²) in [5.74, 6) is 0. The highest BCUT2D eigenvalue weighted by molar-refractivity contribution is 7.89. The maximum absolute atomic E-state index is 12.2. The summed E-state index contributed by atoms with van der Waals surface area (Å²) in [4.78, 5) is 16.9. The molecule has 2 aromatic carbocycles. The van der Waals surface area contributed by atoms with Crippen molar-refractivity contribution < 1.29 is 13.3 Å². The number of hydrogen-bond acceptors (Lipinski definition) is 7. The highest BCUT2D eigenvalue weighted by atomic mass is 32.2. The molecule has 2 N–H and O–H groups in total. The van der Waals surface area contributed by atoms with E-state index >= 15 is 0 Å². The molecule has 3 rings (SSSR count). The minimum absolute atomic E-state index is 0.00631. The van der Waals surface area contributed by atoms with Gasteiger partial charge in [0.25, 0.3) is 15.7 Å². The number of aromatic nitrogens is 1. The summed E-state index contributed by atoms with van der Waals surface area (Å²) in [6.07, 6.45) is 0. The Bertz CT molecular complexity index is 1030. The van der Waals surface area contributed by atoms with Crippen LogP contribution in [0.4, 0.5) is 10.8 Å². The lowest BCUT2D eigenvalue weighted by molar-refractivity contribution is -0.384. The molecule has 0 aliphatic rings. The summed E-state index contributed by atoms with van der Waals surface area (Å²) in [5, 5.41) is 12.8. The SMILES string of the molecule is Cc1ccc(S(=O)(=O)NNc2nc(-c3ccc([N+](=O)[O-])cc3)cs2)cc1. The van der Waals surface area contributed by atoms with Gasteiger partial charge < -0.3 is 0 Å². The van der Waals surface area contributed by atoms with Gasteiger partial charge in [-0.15, -0.1) is 16.2 Å². The topological polar surface area (TPSA) is 114 Å². The number of rotatable bonds is 6. The standard InChI is InChI=1S/C16H14N4O4S2/c1-11-2-8-14(9-3-11)26(23,24)19-18-16-17-15(10-25-16)12-4-6-13(7-5-12)20(21)22/h2-10,19H,1H3,(H,17,18). The molecule has 0 saturated carbocycles. The van der Waals surface area contributed by atoms with Crippen LogP contribution in [-0.4, -0.2) is 18.3 Å². The van der Waals surface area contributed by atoms with Crippen LogP contribution in [-0.2, 0) is 10.0 Å². The third kappa shape index (κ3) is 4.04. The van der Waals surface area contributed by atoms with E-state index in [4.69, 9.17) is 0 Å². The molecular formula is C16H14N4O4S2. The van der Waals surface area contributed by atoms with E-state index in [-0.39, 0.29) is 10.6 Å². The molecule has 3 aromatic rings. The van der Waals surface area contributed by atoms with Crippen LogP contribution in [0, 0.1) is 17.0 Å². The Hall–Kier alpha value is -2.82. The minimum atomic E-state index is -3.72. The highest BCUT2D eigenvalue weighted by Crippen LogP contribution is 2.26. The molecular weight excluding hydrogens is 376 g/mol. The molecule has 0 atom stereocenters. The zero-order valence-corrected chi connectivity index (χ0v) is 15.2. The third-order valence-electron chi connectivity index (χ3n) is 3.50. The average molecular weight is 390 g/mol. The number of nitro groups is 1. The number of nitro benzene ring substituents is 1. The van der Waals surface area contributed by atoms with E-state index in [0.717, 1.165) is 5.56 Å². The Labute approximate surface area is 153 Å². The van der Waals surface area contributed by atoms with E-state index in [1.807, 2.05) is 6.92 Å². The van der Waals surface area contributed by atoms with Crippen molar-refractivity contribution in [2.75, 3.05) is 5.43 Å². The van der Waals surface area contributed by atoms with Gasteiger partial charge in [0, 0.05) is 23.1 Å². The molecule has 0 aliphatic heterocycles. The summed E-state index contributed by atoms with van der Waals surface area (Å²) in [7, 11) is -3.72. The van der Waals surface area contributed by atoms with Gasteiger partial charge in [0.05, 0.1) is 15.5 Å². The first-order valence-electron chi connectivity index (χ1n) is 7.40. The van der Waals surface area contributed by atoms with E-state index in [2.05, 4.69) is 15.2 Å². The van der Waals surface area contributed by atoms with Gasteiger partial charge in [-0.3, -0.25) is 15.5 Å². The Kier molecular flexibility index (Phi) is 4.98. The van der Waals surface area contributed by atoms with Crippen molar-refractivity contribution in [1.29, 1.82) is 0 Å². The number of nitrogens with zero attached hydrogens (tertiary/aromatic N) is 2. The smallest absolute Gasteiger partial charge is 0.269 e. The van der Waals surface area contributed by atoms with E-state index < -0.39 is 14.9 Å². The normalized spacial score (nSPS) is 11.3. The molecule has 8 nitrogen and oxygen atoms in total. The summed E-state index contributed by atoms with van der Waals surface area (Å²) in [6, 6.07) is 12.4. The van der Waals surface area contributed by atoms with Crippen LogP contribution >= 0.6 is 11.3 Å². The van der Waals surface area contributed by atoms with Gasteiger partial charge in [-0.25, -0.2) is 13.4 Å². The number of nitrogens with one attached hydrogen (secondary N) is 2. The first-order valence-corrected chi connectivity index (χ1v) is 9.76. The Morgan fingerprint density at radius 2 is 1.73 bits per heavy atom. The fourth-order valence-electron chi connectivity index (χ4n) is 2.10. The van der Waals surface area contributed by atoms with Crippen LogP contribution < -0.4 is 10.3 Å². The second kappa shape index (κ2) is 7.20. The second-order valence-corrected chi connectivity index (χ2v) is 7.93. The molecule has 10 heteroatoms. The molecule has 0 fully saturated rings. The van der Waals surface area contributed by atoms with Crippen molar-refractivity contribution in [1.82, 2.24) is 9.82 Å². The van der Waals surface area contributed by atoms with Crippen molar-refractivity contribution in [2.24, 2.45) is 0 Å². The molecule has 0 aliphatic carbocycles. The van der Waals surface area contributed by atoms with Crippen LogP contribution in [0.1, 0.15) is 5.56 Å². The van der Waals surface area contributed by atoms with Crippen molar-refractivity contribution in [3.8, 4) is 11.3 Å². The quantitative estimate of drug-likeness (QED) is 0.493. The molecule has 0 unspecified atom stereocenters. The molecule has 0 saturated heterocycles. The average Bonchev–Trinajstić information content (AvgIpc) is 3.10. The van der Waals surface area contributed by atoms with Crippen LogP contribution in [0.15, 0.2) is 58.8 Å². The number of non-ortho nitro benzene ring substituents is 1. The number of benzene rings is 2. The minimum Gasteiger partial charge on any atom is -0.283 e. The predicted molar refractivity (Wildman–Crippen MR) is 99.3 cm³/mol. The van der Waals surface area contributed by atoms with Crippen LogP contribution in [0.5, 0.6) is 0 Å². The summed E-state index contributed by atoms with van der Waals surface area (Å²) >= 11 is 1.21. The number of anilines is 1. The number of hydrazine groups is 1. The lowest BCUT2D eigenvalue weighted by Gasteiger charge is -2.07. The zero-order valence-electron chi connectivity index (χ0n) is 13.5. The van der Waals surface area contributed by atoms with Crippen molar-refractivity contribution in [3.63, 3.8) is 0 Å². The number of thiazole rings is 1. The first-order chi connectivity index (χ1) is 12.3. The van der Waals surface area contributed by atoms with E-state index in [1.165, 1.54) is 35.6 Å². The lowest BCUT2D eigenvalue weighted by Crippen LogP contribution is -2.29. The fraction of sp³-hybridized carbons (Fsp3) is 0.0625. The van der Waals surface area contributed by atoms with Crippen LogP contribution in [0.25, 0.3) is 11.3 Å². The zero-order chi connectivity index (χ0) is 18.7. The maximum Gasteiger partial charge on any atom is 0.269 e. The molecule has 0 amide bonds. The number of sulfonamides is 1. The van der Waals surface area contributed by atoms with Crippen molar-refractivity contribution >= 4 is 32.2 Å². The van der Waals surface area contributed by atoms with Gasteiger partial charge in [0.1, 0.15) is 0 Å². The second-order valence-electron chi connectivity index (χ2n) is 5.39. The molecule has 1 heterocycles. The van der Waals surface area contributed by atoms with Gasteiger partial charge in [-0.2, -0.15) is 0 Å². The summed E-state index contributed by atoms with van der Waals surface area (Å²) < 4.78 is 24.5. The van der Waals surface area contributed by atoms with E-state index in [9.17, 15) is 18.5 Å². The molecule has 0 spiro atoms. The number of aryl methyl sites for hydroxylation is 1. The van der Waals surface area contributed by atoms with Gasteiger partial charge in [0.2, 0.25) is 0 Å². The van der Waals surface area contributed by atoms with Gasteiger partial charge >= 0.3 is 0 Å². The van der Waals surface area contributed by atoms with Gasteiger partial charge in [-0.1, -0.05) is 17.7 Å².